The van der Waals surface area contributed by atoms with Crippen molar-refractivity contribution in [2.45, 2.75) is 13.0 Å². The second-order valence-electron chi connectivity index (χ2n) is 8.08. The highest BCUT2D eigenvalue weighted by atomic mass is 16.5. The number of carbonyl (C=O) groups is 1. The molecule has 172 valence electrons. The molecule has 6 nitrogen and oxygen atoms in total. The fourth-order valence-corrected chi connectivity index (χ4v) is 3.77. The molecule has 0 bridgehead atoms. The Labute approximate surface area is 203 Å². The van der Waals surface area contributed by atoms with E-state index in [9.17, 15) is 4.79 Å². The Morgan fingerprint density at radius 3 is 2.37 bits per heavy atom. The molecule has 1 aromatic heterocycles. The zero-order chi connectivity index (χ0) is 24.0. The molecule has 0 aliphatic heterocycles. The Hall–Kier alpha value is -4.71. The van der Waals surface area contributed by atoms with Gasteiger partial charge in [-0.3, -0.25) is 4.79 Å². The monoisotopic (exact) mass is 460 g/mol. The molecule has 1 atom stereocenters. The van der Waals surface area contributed by atoms with Crippen LogP contribution in [0, 0.1) is 0 Å². The van der Waals surface area contributed by atoms with Crippen LogP contribution in [0.4, 0.5) is 0 Å². The number of amides is 1. The molecule has 0 radical (unpaired) electrons. The molecule has 0 aliphatic carbocycles. The minimum absolute atomic E-state index is 0.342. The summed E-state index contributed by atoms with van der Waals surface area (Å²) in [6, 6.07) is 33.5. The number of nitrogens with zero attached hydrogens (tertiary/aromatic N) is 3. The highest BCUT2D eigenvalue weighted by molar-refractivity contribution is 5.90. The smallest absolute Gasteiger partial charge is 0.280 e. The lowest BCUT2D eigenvalue weighted by molar-refractivity contribution is -0.127. The summed E-state index contributed by atoms with van der Waals surface area (Å²) in [6.07, 6.45) is 2.78. The van der Waals surface area contributed by atoms with Crippen molar-refractivity contribution in [1.82, 2.24) is 15.2 Å². The fourth-order valence-electron chi connectivity index (χ4n) is 3.77. The minimum Gasteiger partial charge on any atom is -0.481 e. The quantitative estimate of drug-likeness (QED) is 0.254. The normalized spacial score (nSPS) is 12.0. The van der Waals surface area contributed by atoms with Crippen LogP contribution < -0.4 is 10.2 Å². The first-order valence-electron chi connectivity index (χ1n) is 11.4. The third-order valence-electron chi connectivity index (χ3n) is 5.59. The van der Waals surface area contributed by atoms with Crippen LogP contribution >= 0.6 is 0 Å². The van der Waals surface area contributed by atoms with E-state index in [4.69, 9.17) is 9.84 Å². The van der Waals surface area contributed by atoms with Gasteiger partial charge in [0, 0.05) is 17.3 Å². The summed E-state index contributed by atoms with van der Waals surface area (Å²) in [5.74, 6) is 0.289. The van der Waals surface area contributed by atoms with Crippen LogP contribution in [0.2, 0.25) is 0 Å². The Balaban J connectivity index is 1.31. The van der Waals surface area contributed by atoms with Crippen molar-refractivity contribution in [1.29, 1.82) is 0 Å². The number of aromatic nitrogens is 2. The van der Waals surface area contributed by atoms with E-state index in [0.29, 0.717) is 5.75 Å². The maximum Gasteiger partial charge on any atom is 0.280 e. The summed E-state index contributed by atoms with van der Waals surface area (Å²) >= 11 is 0. The number of hydrazone groups is 1. The van der Waals surface area contributed by atoms with E-state index in [1.165, 1.54) is 0 Å². The predicted octanol–water partition coefficient (Wildman–Crippen LogP) is 5.61. The maximum absolute atomic E-state index is 12.6. The molecule has 1 amide bonds. The van der Waals surface area contributed by atoms with Crippen molar-refractivity contribution in [3.63, 3.8) is 0 Å². The molecule has 6 heteroatoms. The molecule has 0 saturated carbocycles. The van der Waals surface area contributed by atoms with E-state index >= 15 is 0 Å². The number of fused-ring (bicyclic) bond motifs is 1. The van der Waals surface area contributed by atoms with Crippen molar-refractivity contribution >= 4 is 22.9 Å². The molecule has 1 N–H and O–H groups in total. The molecule has 5 rings (SSSR count). The number of carbonyl (C=O) groups excluding carboxylic acids is 1. The van der Waals surface area contributed by atoms with E-state index in [0.717, 1.165) is 33.3 Å². The largest absolute Gasteiger partial charge is 0.481 e. The van der Waals surface area contributed by atoms with Crippen LogP contribution in [0.25, 0.3) is 27.7 Å². The van der Waals surface area contributed by atoms with E-state index in [1.807, 2.05) is 109 Å². The van der Waals surface area contributed by atoms with Crippen LogP contribution in [0.15, 0.2) is 114 Å². The van der Waals surface area contributed by atoms with Gasteiger partial charge < -0.3 is 4.74 Å². The summed E-state index contributed by atoms with van der Waals surface area (Å²) in [4.78, 5) is 12.6. The highest BCUT2D eigenvalue weighted by Crippen LogP contribution is 2.23. The standard InChI is InChI=1S/C29H24N4O2/c1-21(35-27-17-16-22-10-8-9-13-24(22)18-27)29(34)31-30-19-25-20-33(26-14-6-3-7-15-26)32-28(25)23-11-4-2-5-12-23/h2-21H,1H3,(H,31,34). The zero-order valence-corrected chi connectivity index (χ0v) is 19.2. The zero-order valence-electron chi connectivity index (χ0n) is 19.2. The van der Waals surface area contributed by atoms with Gasteiger partial charge in [0.1, 0.15) is 11.4 Å². The van der Waals surface area contributed by atoms with Gasteiger partial charge in [-0.05, 0) is 42.0 Å². The Bertz CT molecular complexity index is 1480. The van der Waals surface area contributed by atoms with Crippen LogP contribution in [-0.2, 0) is 4.79 Å². The van der Waals surface area contributed by atoms with E-state index < -0.39 is 6.10 Å². The summed E-state index contributed by atoms with van der Waals surface area (Å²) in [7, 11) is 0. The maximum atomic E-state index is 12.6. The van der Waals surface area contributed by atoms with Gasteiger partial charge in [0.25, 0.3) is 5.91 Å². The van der Waals surface area contributed by atoms with Gasteiger partial charge in [-0.15, -0.1) is 0 Å². The number of para-hydroxylation sites is 1. The number of ether oxygens (including phenoxy) is 1. The number of rotatable bonds is 7. The molecule has 0 aliphatic rings. The number of hydrogen-bond donors (Lipinski definition) is 1. The third-order valence-corrected chi connectivity index (χ3v) is 5.59. The Kier molecular flexibility index (Phi) is 6.35. The highest BCUT2D eigenvalue weighted by Gasteiger charge is 2.15. The average Bonchev–Trinajstić information content (AvgIpc) is 3.34. The molecule has 0 saturated heterocycles. The average molecular weight is 461 g/mol. The van der Waals surface area contributed by atoms with Gasteiger partial charge >= 0.3 is 0 Å². The fraction of sp³-hybridized carbons (Fsp3) is 0.0690. The van der Waals surface area contributed by atoms with Crippen LogP contribution in [0.3, 0.4) is 0 Å². The van der Waals surface area contributed by atoms with Crippen LogP contribution in [0.5, 0.6) is 5.75 Å². The lowest BCUT2D eigenvalue weighted by Gasteiger charge is -2.13. The van der Waals surface area contributed by atoms with Gasteiger partial charge in [-0.25, -0.2) is 10.1 Å². The van der Waals surface area contributed by atoms with Crippen molar-refractivity contribution in [2.24, 2.45) is 5.10 Å². The Morgan fingerprint density at radius 1 is 0.914 bits per heavy atom. The van der Waals surface area contributed by atoms with Crippen LogP contribution in [-0.4, -0.2) is 28.0 Å². The van der Waals surface area contributed by atoms with Gasteiger partial charge in [0.2, 0.25) is 0 Å². The predicted molar refractivity (Wildman–Crippen MR) is 139 cm³/mol. The molecule has 0 spiro atoms. The topological polar surface area (TPSA) is 68.5 Å². The van der Waals surface area contributed by atoms with Crippen molar-refractivity contribution in [3.05, 3.63) is 115 Å². The molecule has 1 unspecified atom stereocenters. The van der Waals surface area contributed by atoms with Gasteiger partial charge in [0.05, 0.1) is 11.9 Å². The first-order chi connectivity index (χ1) is 17.2. The number of nitrogens with one attached hydrogen (secondary N) is 1. The van der Waals surface area contributed by atoms with Gasteiger partial charge in [-0.1, -0.05) is 78.9 Å². The third kappa shape index (κ3) is 5.12. The summed E-state index contributed by atoms with van der Waals surface area (Å²) in [5.41, 5.74) is 6.03. The second kappa shape index (κ2) is 10.1. The van der Waals surface area contributed by atoms with E-state index in [2.05, 4.69) is 10.5 Å². The van der Waals surface area contributed by atoms with Crippen molar-refractivity contribution < 1.29 is 9.53 Å². The van der Waals surface area contributed by atoms with E-state index in [1.54, 1.807) is 17.8 Å². The molecule has 5 aromatic rings. The number of hydrogen-bond acceptors (Lipinski definition) is 4. The van der Waals surface area contributed by atoms with Gasteiger partial charge in [-0.2, -0.15) is 10.2 Å². The lowest BCUT2D eigenvalue weighted by Crippen LogP contribution is -2.33. The Morgan fingerprint density at radius 2 is 1.60 bits per heavy atom. The van der Waals surface area contributed by atoms with Crippen molar-refractivity contribution in [2.75, 3.05) is 0 Å². The minimum atomic E-state index is -0.714. The van der Waals surface area contributed by atoms with Crippen LogP contribution in [0.1, 0.15) is 12.5 Å². The summed E-state index contributed by atoms with van der Waals surface area (Å²) in [5, 5.41) is 11.1. The van der Waals surface area contributed by atoms with Gasteiger partial charge in [0.15, 0.2) is 6.10 Å². The summed E-state index contributed by atoms with van der Waals surface area (Å²) < 4.78 is 7.64. The SMILES string of the molecule is CC(Oc1ccc2ccccc2c1)C(=O)NN=Cc1cn(-c2ccccc2)nc1-c1ccccc1. The molecular formula is C29H24N4O2. The number of benzene rings is 4. The summed E-state index contributed by atoms with van der Waals surface area (Å²) in [6.45, 7) is 1.70. The van der Waals surface area contributed by atoms with Crippen molar-refractivity contribution in [3.8, 4) is 22.7 Å². The molecule has 4 aromatic carbocycles. The molecule has 35 heavy (non-hydrogen) atoms. The molecule has 1 heterocycles. The first-order valence-corrected chi connectivity index (χ1v) is 11.4. The van der Waals surface area contributed by atoms with E-state index in [-0.39, 0.29) is 5.91 Å². The lowest BCUT2D eigenvalue weighted by atomic mass is 10.1. The molecule has 0 fully saturated rings. The first kappa shape index (κ1) is 22.1. The molecular weight excluding hydrogens is 436 g/mol. The second-order valence-corrected chi connectivity index (χ2v) is 8.08.